The van der Waals surface area contributed by atoms with Crippen LogP contribution in [0.1, 0.15) is 78.6 Å². The molecule has 0 spiro atoms. The summed E-state index contributed by atoms with van der Waals surface area (Å²) in [5.41, 5.74) is 0.137. The molecule has 4 fully saturated rings. The molecule has 180 valence electrons. The minimum absolute atomic E-state index is 0.000248. The minimum Gasteiger partial charge on any atom is -0.264 e. The molecule has 0 bridgehead atoms. The van der Waals surface area contributed by atoms with Crippen LogP contribution in [-0.2, 0) is 29.2 Å². The molecule has 0 radical (unpaired) electrons. The molecule has 2 N–H and O–H groups in total. The molecule has 0 saturated heterocycles. The van der Waals surface area contributed by atoms with Gasteiger partial charge in [-0.2, -0.15) is 16.8 Å². The zero-order valence-electron chi connectivity index (χ0n) is 18.6. The van der Waals surface area contributed by atoms with Gasteiger partial charge in [0.05, 0.1) is 12.2 Å². The molecule has 4 saturated carbocycles. The van der Waals surface area contributed by atoms with Gasteiger partial charge >= 0.3 is 20.8 Å². The molecule has 0 aromatic rings. The Kier molecular flexibility index (Phi) is 6.09. The van der Waals surface area contributed by atoms with E-state index >= 15 is 0 Å². The molecule has 4 rings (SSSR count). The molecule has 0 aliphatic heterocycles. The van der Waals surface area contributed by atoms with Crippen molar-refractivity contribution in [3.63, 3.8) is 0 Å². The first-order chi connectivity index (χ1) is 14.2. The lowest BCUT2D eigenvalue weighted by Gasteiger charge is -2.61. The minimum atomic E-state index is -4.47. The third-order valence-corrected chi connectivity index (χ3v) is 10.9. The van der Waals surface area contributed by atoms with Crippen molar-refractivity contribution in [1.29, 1.82) is 0 Å². The summed E-state index contributed by atoms with van der Waals surface area (Å²) in [6.45, 7) is 6.39. The first-order valence-electron chi connectivity index (χ1n) is 11.5. The monoisotopic (exact) mass is 480 g/mol. The SMILES string of the molecule is C[C@H](OS(=O)(=O)O)[C@@H]1CC[C@@H]2[C@@H]3CC[C@@H]4C[C@H](OS(=O)(=O)O)CC[C@]4(C)[C@@H]3CC[C@]21C. The Hall–Kier alpha value is -0.260. The molecule has 0 aromatic heterocycles. The van der Waals surface area contributed by atoms with Crippen LogP contribution in [0.4, 0.5) is 0 Å². The third kappa shape index (κ3) is 4.45. The van der Waals surface area contributed by atoms with E-state index in [9.17, 15) is 16.8 Å². The van der Waals surface area contributed by atoms with E-state index in [1.54, 1.807) is 6.92 Å². The zero-order valence-corrected chi connectivity index (χ0v) is 20.2. The third-order valence-electron chi connectivity index (χ3n) is 9.79. The molecule has 0 amide bonds. The van der Waals surface area contributed by atoms with Crippen molar-refractivity contribution in [1.82, 2.24) is 0 Å². The van der Waals surface area contributed by atoms with E-state index in [0.717, 1.165) is 44.9 Å². The van der Waals surface area contributed by atoms with Crippen molar-refractivity contribution in [2.45, 2.75) is 90.8 Å². The molecule has 0 aromatic carbocycles. The Labute approximate surface area is 186 Å². The van der Waals surface area contributed by atoms with Gasteiger partial charge in [0.15, 0.2) is 0 Å². The number of hydrogen-bond acceptors (Lipinski definition) is 6. The van der Waals surface area contributed by atoms with Gasteiger partial charge in [0, 0.05) is 0 Å². The highest BCUT2D eigenvalue weighted by atomic mass is 32.3. The highest BCUT2D eigenvalue weighted by Crippen LogP contribution is 2.68. The van der Waals surface area contributed by atoms with Crippen LogP contribution in [0, 0.1) is 40.4 Å². The molecule has 9 atom stereocenters. The Bertz CT molecular complexity index is 902. The topological polar surface area (TPSA) is 127 Å². The lowest BCUT2D eigenvalue weighted by Crippen LogP contribution is -2.54. The van der Waals surface area contributed by atoms with E-state index in [1.807, 2.05) is 0 Å². The van der Waals surface area contributed by atoms with Gasteiger partial charge in [0.25, 0.3) is 0 Å². The number of hydrogen-bond donors (Lipinski definition) is 2. The van der Waals surface area contributed by atoms with Crippen LogP contribution in [0.25, 0.3) is 0 Å². The van der Waals surface area contributed by atoms with Gasteiger partial charge in [0.2, 0.25) is 0 Å². The molecule has 4 aliphatic rings. The Morgan fingerprint density at radius 1 is 0.839 bits per heavy atom. The average molecular weight is 481 g/mol. The fourth-order valence-electron chi connectivity index (χ4n) is 8.55. The summed E-state index contributed by atoms with van der Waals surface area (Å²) in [6, 6.07) is 0. The van der Waals surface area contributed by atoms with Gasteiger partial charge in [-0.25, -0.2) is 8.37 Å². The summed E-state index contributed by atoms with van der Waals surface area (Å²) in [4.78, 5) is 0. The van der Waals surface area contributed by atoms with Crippen molar-refractivity contribution in [2.24, 2.45) is 40.4 Å². The number of rotatable bonds is 5. The molecule has 10 heteroatoms. The first-order valence-corrected chi connectivity index (χ1v) is 14.3. The van der Waals surface area contributed by atoms with E-state index in [2.05, 4.69) is 13.8 Å². The van der Waals surface area contributed by atoms with E-state index in [4.69, 9.17) is 17.5 Å². The summed E-state index contributed by atoms with van der Waals surface area (Å²) >= 11 is 0. The van der Waals surface area contributed by atoms with E-state index in [0.29, 0.717) is 36.5 Å². The standard InChI is InChI=1S/C21H36O8S2/c1-13(28-30(22,23)24)17-6-7-18-16-5-4-14-12-15(29-31(25,26)27)8-10-20(14,2)19(16)9-11-21(17,18)3/h13-19H,4-12H2,1-3H3,(H,22,23,24)(H,25,26,27)/t13-,14+,15+,16-,17-,18+,19+,20-,21-/m0/s1. The fraction of sp³-hybridized carbons (Fsp3) is 1.00. The Morgan fingerprint density at radius 3 is 2.13 bits per heavy atom. The fourth-order valence-corrected chi connectivity index (χ4v) is 9.59. The second-order valence-corrected chi connectivity index (χ2v) is 13.1. The summed E-state index contributed by atoms with van der Waals surface area (Å²) < 4.78 is 73.0. The maximum absolute atomic E-state index is 11.3. The van der Waals surface area contributed by atoms with Crippen molar-refractivity contribution in [2.75, 3.05) is 0 Å². The summed E-state index contributed by atoms with van der Waals surface area (Å²) in [5.74, 6) is 2.13. The predicted molar refractivity (Wildman–Crippen MR) is 114 cm³/mol. The van der Waals surface area contributed by atoms with Gasteiger partial charge in [-0.05, 0) is 105 Å². The molecule has 0 heterocycles. The van der Waals surface area contributed by atoms with Crippen LogP contribution in [0.15, 0.2) is 0 Å². The highest BCUT2D eigenvalue weighted by Gasteiger charge is 2.61. The zero-order chi connectivity index (χ0) is 22.8. The van der Waals surface area contributed by atoms with Crippen LogP contribution in [-0.4, -0.2) is 38.1 Å². The van der Waals surface area contributed by atoms with Gasteiger partial charge in [-0.3, -0.25) is 9.11 Å². The van der Waals surface area contributed by atoms with Crippen LogP contribution in [0.2, 0.25) is 0 Å². The van der Waals surface area contributed by atoms with Crippen molar-refractivity contribution in [3.05, 3.63) is 0 Å². The van der Waals surface area contributed by atoms with Crippen molar-refractivity contribution in [3.8, 4) is 0 Å². The lowest BCUT2D eigenvalue weighted by atomic mass is 9.44. The molecule has 8 nitrogen and oxygen atoms in total. The van der Waals surface area contributed by atoms with E-state index < -0.39 is 33.0 Å². The Morgan fingerprint density at radius 2 is 1.48 bits per heavy atom. The maximum atomic E-state index is 11.3. The van der Waals surface area contributed by atoms with Crippen molar-refractivity contribution >= 4 is 20.8 Å². The van der Waals surface area contributed by atoms with E-state index in [-0.39, 0.29) is 16.7 Å². The first kappa shape index (κ1) is 23.9. The molecule has 31 heavy (non-hydrogen) atoms. The smallest absolute Gasteiger partial charge is 0.264 e. The van der Waals surface area contributed by atoms with E-state index in [1.165, 1.54) is 0 Å². The predicted octanol–water partition coefficient (Wildman–Crippen LogP) is 4.04. The van der Waals surface area contributed by atoms with Gasteiger partial charge in [-0.1, -0.05) is 13.8 Å². The summed E-state index contributed by atoms with van der Waals surface area (Å²) in [5, 5.41) is 0. The maximum Gasteiger partial charge on any atom is 0.397 e. The molecule has 4 aliphatic carbocycles. The quantitative estimate of drug-likeness (QED) is 0.564. The normalized spacial score (nSPS) is 46.6. The van der Waals surface area contributed by atoms with Crippen molar-refractivity contribution < 1.29 is 34.3 Å². The van der Waals surface area contributed by atoms with Crippen LogP contribution in [0.3, 0.4) is 0 Å². The van der Waals surface area contributed by atoms with Gasteiger partial charge < -0.3 is 0 Å². The summed E-state index contributed by atoms with van der Waals surface area (Å²) in [6.07, 6.45) is 7.38. The van der Waals surface area contributed by atoms with Crippen LogP contribution >= 0.6 is 0 Å². The Balaban J connectivity index is 1.50. The molecule has 0 unspecified atom stereocenters. The largest absolute Gasteiger partial charge is 0.397 e. The highest BCUT2D eigenvalue weighted by molar-refractivity contribution is 7.81. The number of fused-ring (bicyclic) bond motifs is 5. The molecular formula is C21H36O8S2. The second kappa shape index (κ2) is 7.91. The van der Waals surface area contributed by atoms with Gasteiger partial charge in [0.1, 0.15) is 0 Å². The van der Waals surface area contributed by atoms with Gasteiger partial charge in [-0.15, -0.1) is 0 Å². The average Bonchev–Trinajstić information content (AvgIpc) is 2.97. The van der Waals surface area contributed by atoms with Crippen LogP contribution in [0.5, 0.6) is 0 Å². The lowest BCUT2D eigenvalue weighted by molar-refractivity contribution is -0.129. The molecular weight excluding hydrogens is 444 g/mol. The summed E-state index contributed by atoms with van der Waals surface area (Å²) in [7, 11) is -8.89. The van der Waals surface area contributed by atoms with Crippen LogP contribution < -0.4 is 0 Å². The second-order valence-electron chi connectivity index (χ2n) is 11.0.